The minimum Gasteiger partial charge on any atom is -0.490 e. The van der Waals surface area contributed by atoms with Crippen molar-refractivity contribution >= 4 is 0 Å². The zero-order chi connectivity index (χ0) is 13.3. The van der Waals surface area contributed by atoms with E-state index < -0.39 is 0 Å². The molecule has 0 aliphatic carbocycles. The second-order valence-corrected chi connectivity index (χ2v) is 6.06. The number of aliphatic hydroxyl groups excluding tert-OH is 1. The Morgan fingerprint density at radius 3 is 2.72 bits per heavy atom. The molecule has 2 unspecified atom stereocenters. The number of hydrogen-bond donors (Lipinski definition) is 1. The van der Waals surface area contributed by atoms with Gasteiger partial charge in [-0.1, -0.05) is 32.4 Å². The molecule has 0 saturated heterocycles. The van der Waals surface area contributed by atoms with Gasteiger partial charge in [-0.05, 0) is 37.3 Å². The highest BCUT2D eigenvalue weighted by molar-refractivity contribution is 5.40. The van der Waals surface area contributed by atoms with Gasteiger partial charge in [0, 0.05) is 12.0 Å². The number of benzene rings is 1. The predicted octanol–water partition coefficient (Wildman–Crippen LogP) is 3.86. The normalized spacial score (nSPS) is 24.6. The Morgan fingerprint density at radius 1 is 1.33 bits per heavy atom. The molecule has 3 atom stereocenters. The minimum absolute atomic E-state index is 0.137. The summed E-state index contributed by atoms with van der Waals surface area (Å²) in [5, 5.41) is 10.3. The quantitative estimate of drug-likeness (QED) is 0.880. The summed E-state index contributed by atoms with van der Waals surface area (Å²) < 4.78 is 6.06. The molecule has 1 aliphatic heterocycles. The second-order valence-electron chi connectivity index (χ2n) is 6.06. The molecule has 0 aromatic heterocycles. The summed E-state index contributed by atoms with van der Waals surface area (Å²) in [6.45, 7) is 8.72. The molecule has 1 N–H and O–H groups in total. The molecule has 2 rings (SSSR count). The number of hydrogen-bond acceptors (Lipinski definition) is 2. The summed E-state index contributed by atoms with van der Waals surface area (Å²) in [6, 6.07) is 6.06. The zero-order valence-corrected chi connectivity index (χ0v) is 11.8. The van der Waals surface area contributed by atoms with Crippen molar-refractivity contribution in [1.29, 1.82) is 0 Å². The highest BCUT2D eigenvalue weighted by Crippen LogP contribution is 2.38. The van der Waals surface area contributed by atoms with Crippen molar-refractivity contribution in [3.05, 3.63) is 29.3 Å². The van der Waals surface area contributed by atoms with Crippen LogP contribution in [0.15, 0.2) is 18.2 Å². The van der Waals surface area contributed by atoms with E-state index in [1.807, 2.05) is 25.1 Å². The van der Waals surface area contributed by atoms with Crippen LogP contribution in [0, 0.1) is 18.8 Å². The Hall–Kier alpha value is -1.02. The van der Waals surface area contributed by atoms with Crippen LogP contribution in [0.2, 0.25) is 0 Å². The van der Waals surface area contributed by atoms with E-state index in [4.69, 9.17) is 4.74 Å². The van der Waals surface area contributed by atoms with E-state index >= 15 is 0 Å². The molecule has 1 aliphatic rings. The van der Waals surface area contributed by atoms with Crippen LogP contribution < -0.4 is 4.74 Å². The second kappa shape index (κ2) is 5.31. The van der Waals surface area contributed by atoms with Gasteiger partial charge in [-0.2, -0.15) is 0 Å². The third-order valence-corrected chi connectivity index (χ3v) is 3.74. The number of aryl methyl sites for hydroxylation is 1. The van der Waals surface area contributed by atoms with Crippen LogP contribution in [0.3, 0.4) is 0 Å². The lowest BCUT2D eigenvalue weighted by atomic mass is 9.87. The Morgan fingerprint density at radius 2 is 2.06 bits per heavy atom. The molecular weight excluding hydrogens is 224 g/mol. The third kappa shape index (κ3) is 2.86. The molecule has 2 heteroatoms. The summed E-state index contributed by atoms with van der Waals surface area (Å²) in [5.41, 5.74) is 2.12. The maximum absolute atomic E-state index is 10.3. The summed E-state index contributed by atoms with van der Waals surface area (Å²) in [5.74, 6) is 2.01. The fraction of sp³-hybridized carbons (Fsp3) is 0.625. The van der Waals surface area contributed by atoms with Gasteiger partial charge in [0.15, 0.2) is 0 Å². The molecule has 1 aromatic carbocycles. The first-order valence-electron chi connectivity index (χ1n) is 6.92. The minimum atomic E-state index is -0.381. The predicted molar refractivity (Wildman–Crippen MR) is 73.8 cm³/mol. The average Bonchev–Trinajstić information content (AvgIpc) is 2.29. The molecule has 0 bridgehead atoms. The molecule has 0 amide bonds. The van der Waals surface area contributed by atoms with Gasteiger partial charge >= 0.3 is 0 Å². The van der Waals surface area contributed by atoms with E-state index in [1.54, 1.807) is 0 Å². The van der Waals surface area contributed by atoms with Crippen LogP contribution in [0.5, 0.6) is 5.75 Å². The molecular formula is C16H24O2. The monoisotopic (exact) mass is 248 g/mol. The van der Waals surface area contributed by atoms with Gasteiger partial charge in [-0.15, -0.1) is 0 Å². The summed E-state index contributed by atoms with van der Waals surface area (Å²) >= 11 is 0. The maximum Gasteiger partial charge on any atom is 0.125 e. The topological polar surface area (TPSA) is 29.5 Å². The zero-order valence-electron chi connectivity index (χ0n) is 11.8. The highest BCUT2D eigenvalue weighted by atomic mass is 16.5. The van der Waals surface area contributed by atoms with E-state index in [1.165, 1.54) is 5.56 Å². The van der Waals surface area contributed by atoms with Crippen molar-refractivity contribution < 1.29 is 9.84 Å². The Labute approximate surface area is 110 Å². The van der Waals surface area contributed by atoms with Crippen molar-refractivity contribution in [3.8, 4) is 5.75 Å². The number of fused-ring (bicyclic) bond motifs is 1. The Bertz CT molecular complexity index is 412. The van der Waals surface area contributed by atoms with Gasteiger partial charge in [-0.25, -0.2) is 0 Å². The molecule has 1 heterocycles. The highest BCUT2D eigenvalue weighted by Gasteiger charge is 2.30. The van der Waals surface area contributed by atoms with Crippen LogP contribution in [-0.4, -0.2) is 11.2 Å². The van der Waals surface area contributed by atoms with Gasteiger partial charge in [0.25, 0.3) is 0 Å². The van der Waals surface area contributed by atoms with Crippen LogP contribution in [0.4, 0.5) is 0 Å². The first-order valence-corrected chi connectivity index (χ1v) is 6.92. The molecule has 0 saturated carbocycles. The third-order valence-electron chi connectivity index (χ3n) is 3.74. The van der Waals surface area contributed by atoms with E-state index in [0.717, 1.165) is 17.7 Å². The Balaban J connectivity index is 2.15. The standard InChI is InChI=1S/C16H24O2/c1-10(2)7-12(4)16-9-14(17)13-8-11(3)5-6-15(13)18-16/h5-6,8,10,12,14,16-17H,7,9H2,1-4H3/t12?,14-,16?/m0/s1. The smallest absolute Gasteiger partial charge is 0.125 e. The fourth-order valence-corrected chi connectivity index (χ4v) is 2.84. The first-order chi connectivity index (χ1) is 8.47. The van der Waals surface area contributed by atoms with Crippen LogP contribution in [0.25, 0.3) is 0 Å². The molecule has 0 fully saturated rings. The van der Waals surface area contributed by atoms with Crippen LogP contribution in [-0.2, 0) is 0 Å². The first kappa shape index (κ1) is 13.4. The van der Waals surface area contributed by atoms with Gasteiger partial charge in [0.05, 0.1) is 6.10 Å². The summed E-state index contributed by atoms with van der Waals surface area (Å²) in [7, 11) is 0. The molecule has 18 heavy (non-hydrogen) atoms. The maximum atomic E-state index is 10.3. The molecule has 100 valence electrons. The molecule has 0 spiro atoms. The summed E-state index contributed by atoms with van der Waals surface area (Å²) in [4.78, 5) is 0. The van der Waals surface area contributed by atoms with E-state index in [-0.39, 0.29) is 12.2 Å². The largest absolute Gasteiger partial charge is 0.490 e. The number of ether oxygens (including phenoxy) is 1. The van der Waals surface area contributed by atoms with E-state index in [0.29, 0.717) is 18.3 Å². The number of aliphatic hydroxyl groups is 1. The SMILES string of the molecule is Cc1ccc2c(c1)[C@@H](O)CC(C(C)CC(C)C)O2. The van der Waals surface area contributed by atoms with Crippen molar-refractivity contribution in [2.75, 3.05) is 0 Å². The fourth-order valence-electron chi connectivity index (χ4n) is 2.84. The molecule has 1 aromatic rings. The van der Waals surface area contributed by atoms with E-state index in [9.17, 15) is 5.11 Å². The molecule has 0 radical (unpaired) electrons. The van der Waals surface area contributed by atoms with Crippen molar-refractivity contribution in [2.45, 2.75) is 52.7 Å². The lowest BCUT2D eigenvalue weighted by molar-refractivity contribution is 0.0332. The number of rotatable bonds is 3. The lowest BCUT2D eigenvalue weighted by Crippen LogP contribution is -2.32. The van der Waals surface area contributed by atoms with Crippen LogP contribution in [0.1, 0.15) is 50.8 Å². The average molecular weight is 248 g/mol. The molecule has 2 nitrogen and oxygen atoms in total. The van der Waals surface area contributed by atoms with Crippen LogP contribution >= 0.6 is 0 Å². The van der Waals surface area contributed by atoms with Gasteiger partial charge in [0.2, 0.25) is 0 Å². The van der Waals surface area contributed by atoms with Crippen molar-refractivity contribution in [1.82, 2.24) is 0 Å². The van der Waals surface area contributed by atoms with Crippen molar-refractivity contribution in [2.24, 2.45) is 11.8 Å². The Kier molecular flexibility index (Phi) is 3.96. The van der Waals surface area contributed by atoms with Crippen molar-refractivity contribution in [3.63, 3.8) is 0 Å². The summed E-state index contributed by atoms with van der Waals surface area (Å²) in [6.07, 6.45) is 1.61. The van der Waals surface area contributed by atoms with E-state index in [2.05, 4.69) is 20.8 Å². The van der Waals surface area contributed by atoms with Gasteiger partial charge in [0.1, 0.15) is 11.9 Å². The lowest BCUT2D eigenvalue weighted by Gasteiger charge is -2.34. The van der Waals surface area contributed by atoms with Gasteiger partial charge < -0.3 is 9.84 Å². The van der Waals surface area contributed by atoms with Gasteiger partial charge in [-0.3, -0.25) is 0 Å².